The molecule has 0 saturated carbocycles. The third-order valence-corrected chi connectivity index (χ3v) is 3.08. The first-order chi connectivity index (χ1) is 7.70. The fourth-order valence-corrected chi connectivity index (χ4v) is 2.04. The van der Waals surface area contributed by atoms with Crippen molar-refractivity contribution >= 4 is 28.3 Å². The van der Waals surface area contributed by atoms with E-state index in [1.54, 1.807) is 17.3 Å². The quantitative estimate of drug-likeness (QED) is 0.758. The summed E-state index contributed by atoms with van der Waals surface area (Å²) in [6.45, 7) is 4.30. The van der Waals surface area contributed by atoms with Gasteiger partial charge in [0, 0.05) is 38.1 Å². The first kappa shape index (κ1) is 11.3. The van der Waals surface area contributed by atoms with Gasteiger partial charge in [-0.15, -0.1) is 0 Å². The van der Waals surface area contributed by atoms with Crippen LogP contribution >= 0.6 is 15.9 Å². The third-order valence-electron chi connectivity index (χ3n) is 2.67. The maximum atomic E-state index is 10.7. The second-order valence-corrected chi connectivity index (χ2v) is 4.76. The zero-order chi connectivity index (χ0) is 11.5. The van der Waals surface area contributed by atoms with Gasteiger partial charge in [0.2, 0.25) is 12.4 Å². The molecular formula is C10H13BrN4O. The number of carbonyl (C=O) groups excluding carboxylic acids is 1. The zero-order valence-electron chi connectivity index (χ0n) is 9.01. The SMILES string of the molecule is CC1CN(C=O)CCN1c1ncc(Br)cn1. The lowest BCUT2D eigenvalue weighted by Gasteiger charge is -2.38. The van der Waals surface area contributed by atoms with E-state index >= 15 is 0 Å². The summed E-state index contributed by atoms with van der Waals surface area (Å²) in [5.41, 5.74) is 0. The van der Waals surface area contributed by atoms with E-state index in [0.717, 1.165) is 36.5 Å². The molecule has 1 aliphatic heterocycles. The van der Waals surface area contributed by atoms with Crippen LogP contribution in [0, 0.1) is 0 Å². The second-order valence-electron chi connectivity index (χ2n) is 3.84. The van der Waals surface area contributed by atoms with Gasteiger partial charge in [-0.1, -0.05) is 0 Å². The average Bonchev–Trinajstić information content (AvgIpc) is 2.30. The van der Waals surface area contributed by atoms with Gasteiger partial charge >= 0.3 is 0 Å². The Morgan fingerprint density at radius 1 is 1.44 bits per heavy atom. The van der Waals surface area contributed by atoms with Crippen molar-refractivity contribution in [1.82, 2.24) is 14.9 Å². The molecule has 1 fully saturated rings. The molecule has 6 heteroatoms. The standard InChI is InChI=1S/C10H13BrN4O/c1-8-6-14(7-16)2-3-15(8)10-12-4-9(11)5-13-10/h4-5,7-8H,2-3,6H2,1H3. The lowest BCUT2D eigenvalue weighted by molar-refractivity contribution is -0.118. The summed E-state index contributed by atoms with van der Waals surface area (Å²) in [6.07, 6.45) is 4.37. The molecule has 0 N–H and O–H groups in total. The Hall–Kier alpha value is -1.17. The predicted octanol–water partition coefficient (Wildman–Crippen LogP) is 0.906. The Morgan fingerprint density at radius 3 is 2.69 bits per heavy atom. The van der Waals surface area contributed by atoms with Crippen molar-refractivity contribution in [2.75, 3.05) is 24.5 Å². The number of carbonyl (C=O) groups is 1. The highest BCUT2D eigenvalue weighted by Crippen LogP contribution is 2.16. The lowest BCUT2D eigenvalue weighted by Crippen LogP contribution is -2.52. The van der Waals surface area contributed by atoms with Gasteiger partial charge < -0.3 is 9.80 Å². The monoisotopic (exact) mass is 284 g/mol. The van der Waals surface area contributed by atoms with Crippen molar-refractivity contribution in [1.29, 1.82) is 0 Å². The molecule has 0 aromatic carbocycles. The summed E-state index contributed by atoms with van der Waals surface area (Å²) >= 11 is 3.31. The summed E-state index contributed by atoms with van der Waals surface area (Å²) < 4.78 is 0.871. The molecule has 1 aliphatic rings. The fourth-order valence-electron chi connectivity index (χ4n) is 1.83. The predicted molar refractivity (Wildman–Crippen MR) is 64.2 cm³/mol. The van der Waals surface area contributed by atoms with E-state index in [9.17, 15) is 4.79 Å². The minimum absolute atomic E-state index is 0.250. The summed E-state index contributed by atoms with van der Waals surface area (Å²) in [5, 5.41) is 0. The molecule has 2 rings (SSSR count). The molecule has 1 amide bonds. The van der Waals surface area contributed by atoms with Crippen LogP contribution < -0.4 is 4.90 Å². The number of piperazine rings is 1. The molecule has 0 spiro atoms. The van der Waals surface area contributed by atoms with E-state index in [2.05, 4.69) is 37.7 Å². The van der Waals surface area contributed by atoms with Crippen molar-refractivity contribution in [3.8, 4) is 0 Å². The molecular weight excluding hydrogens is 272 g/mol. The number of hydrogen-bond acceptors (Lipinski definition) is 4. The van der Waals surface area contributed by atoms with E-state index in [1.807, 2.05) is 0 Å². The summed E-state index contributed by atoms with van der Waals surface area (Å²) in [6, 6.07) is 0.250. The van der Waals surface area contributed by atoms with Crippen LogP contribution in [-0.4, -0.2) is 47.0 Å². The Labute approximate surface area is 103 Å². The van der Waals surface area contributed by atoms with Gasteiger partial charge in [0.1, 0.15) is 0 Å². The van der Waals surface area contributed by atoms with Crippen molar-refractivity contribution in [2.45, 2.75) is 13.0 Å². The average molecular weight is 285 g/mol. The first-order valence-electron chi connectivity index (χ1n) is 5.14. The highest BCUT2D eigenvalue weighted by atomic mass is 79.9. The maximum Gasteiger partial charge on any atom is 0.225 e. The van der Waals surface area contributed by atoms with E-state index in [1.165, 1.54) is 0 Å². The van der Waals surface area contributed by atoms with Crippen LogP contribution in [0.25, 0.3) is 0 Å². The molecule has 16 heavy (non-hydrogen) atoms. The fraction of sp³-hybridized carbons (Fsp3) is 0.500. The molecule has 1 saturated heterocycles. The van der Waals surface area contributed by atoms with Gasteiger partial charge in [0.15, 0.2) is 0 Å². The van der Waals surface area contributed by atoms with Gasteiger partial charge in [-0.25, -0.2) is 9.97 Å². The van der Waals surface area contributed by atoms with Crippen LogP contribution in [0.3, 0.4) is 0 Å². The number of halogens is 1. The van der Waals surface area contributed by atoms with Crippen LogP contribution in [0.4, 0.5) is 5.95 Å². The number of nitrogens with zero attached hydrogens (tertiary/aromatic N) is 4. The van der Waals surface area contributed by atoms with Crippen LogP contribution in [0.1, 0.15) is 6.92 Å². The van der Waals surface area contributed by atoms with Crippen LogP contribution in [0.15, 0.2) is 16.9 Å². The Balaban J connectivity index is 2.10. The molecule has 1 aromatic rings. The smallest absolute Gasteiger partial charge is 0.225 e. The minimum atomic E-state index is 0.250. The summed E-state index contributed by atoms with van der Waals surface area (Å²) in [7, 11) is 0. The van der Waals surface area contributed by atoms with Crippen molar-refractivity contribution < 1.29 is 4.79 Å². The lowest BCUT2D eigenvalue weighted by atomic mass is 10.2. The van der Waals surface area contributed by atoms with E-state index in [-0.39, 0.29) is 6.04 Å². The Morgan fingerprint density at radius 2 is 2.12 bits per heavy atom. The Kier molecular flexibility index (Phi) is 3.38. The van der Waals surface area contributed by atoms with Crippen molar-refractivity contribution in [2.24, 2.45) is 0 Å². The number of aromatic nitrogens is 2. The van der Waals surface area contributed by atoms with Crippen LogP contribution in [0.5, 0.6) is 0 Å². The van der Waals surface area contributed by atoms with Gasteiger partial charge in [0.25, 0.3) is 0 Å². The topological polar surface area (TPSA) is 49.3 Å². The highest BCUT2D eigenvalue weighted by molar-refractivity contribution is 9.10. The molecule has 0 aliphatic carbocycles. The molecule has 1 atom stereocenters. The number of anilines is 1. The van der Waals surface area contributed by atoms with Crippen LogP contribution in [0.2, 0.25) is 0 Å². The van der Waals surface area contributed by atoms with Crippen molar-refractivity contribution in [3.05, 3.63) is 16.9 Å². The number of hydrogen-bond donors (Lipinski definition) is 0. The van der Waals surface area contributed by atoms with Gasteiger partial charge in [-0.2, -0.15) is 0 Å². The molecule has 2 heterocycles. The molecule has 1 unspecified atom stereocenters. The zero-order valence-corrected chi connectivity index (χ0v) is 10.6. The molecule has 0 bridgehead atoms. The summed E-state index contributed by atoms with van der Waals surface area (Å²) in [4.78, 5) is 23.1. The largest absolute Gasteiger partial charge is 0.341 e. The summed E-state index contributed by atoms with van der Waals surface area (Å²) in [5.74, 6) is 0.723. The number of amides is 1. The minimum Gasteiger partial charge on any atom is -0.341 e. The highest BCUT2D eigenvalue weighted by Gasteiger charge is 2.24. The van der Waals surface area contributed by atoms with Gasteiger partial charge in [0.05, 0.1) is 4.47 Å². The van der Waals surface area contributed by atoms with Gasteiger partial charge in [-0.3, -0.25) is 4.79 Å². The van der Waals surface area contributed by atoms with E-state index < -0.39 is 0 Å². The molecule has 1 aromatic heterocycles. The van der Waals surface area contributed by atoms with Gasteiger partial charge in [-0.05, 0) is 22.9 Å². The van der Waals surface area contributed by atoms with Crippen molar-refractivity contribution in [3.63, 3.8) is 0 Å². The third kappa shape index (κ3) is 2.32. The van der Waals surface area contributed by atoms with Crippen LogP contribution in [-0.2, 0) is 4.79 Å². The first-order valence-corrected chi connectivity index (χ1v) is 5.93. The normalized spacial score (nSPS) is 21.0. The van der Waals surface area contributed by atoms with E-state index in [4.69, 9.17) is 0 Å². The number of rotatable bonds is 2. The molecule has 5 nitrogen and oxygen atoms in total. The van der Waals surface area contributed by atoms with E-state index in [0.29, 0.717) is 0 Å². The molecule has 86 valence electrons. The molecule has 0 radical (unpaired) electrons. The second kappa shape index (κ2) is 4.78. The maximum absolute atomic E-state index is 10.7. The Bertz CT molecular complexity index is 370.